The van der Waals surface area contributed by atoms with Gasteiger partial charge in [0.05, 0.1) is 15.9 Å². The first-order valence-electron chi connectivity index (χ1n) is 5.51. The number of benzene rings is 2. The van der Waals surface area contributed by atoms with Crippen molar-refractivity contribution in [2.24, 2.45) is 5.14 Å². The summed E-state index contributed by atoms with van der Waals surface area (Å²) in [5.41, 5.74) is -0.487. The molecule has 0 saturated carbocycles. The fourth-order valence-corrected chi connectivity index (χ4v) is 2.09. The minimum Gasteiger partial charge on any atom is -0.457 e. The van der Waals surface area contributed by atoms with Crippen molar-refractivity contribution in [3.8, 4) is 11.5 Å². The van der Waals surface area contributed by atoms with E-state index in [1.807, 2.05) is 0 Å². The summed E-state index contributed by atoms with van der Waals surface area (Å²) in [7, 11) is -4.12. The Balaban J connectivity index is 2.45. The van der Waals surface area contributed by atoms with Crippen molar-refractivity contribution in [3.63, 3.8) is 0 Å². The van der Waals surface area contributed by atoms with Crippen LogP contribution < -0.4 is 9.88 Å². The Bertz CT molecular complexity index is 790. The number of rotatable bonds is 4. The molecule has 0 atom stereocenters. The summed E-state index contributed by atoms with van der Waals surface area (Å²) < 4.78 is 40.7. The normalized spacial score (nSPS) is 11.1. The van der Waals surface area contributed by atoms with Crippen molar-refractivity contribution in [1.29, 1.82) is 0 Å². The summed E-state index contributed by atoms with van der Waals surface area (Å²) in [6.07, 6.45) is 0. The molecule has 0 aliphatic heterocycles. The van der Waals surface area contributed by atoms with Gasteiger partial charge in [-0.25, -0.2) is 17.9 Å². The predicted molar refractivity (Wildman–Crippen MR) is 70.9 cm³/mol. The molecule has 21 heavy (non-hydrogen) atoms. The summed E-state index contributed by atoms with van der Waals surface area (Å²) in [5.74, 6) is -0.385. The molecule has 7 nitrogen and oxygen atoms in total. The molecule has 0 unspecified atom stereocenters. The first-order chi connectivity index (χ1) is 9.75. The van der Waals surface area contributed by atoms with Crippen LogP contribution in [0.25, 0.3) is 0 Å². The van der Waals surface area contributed by atoms with Crippen LogP contribution in [0, 0.1) is 15.9 Å². The fourth-order valence-electron chi connectivity index (χ4n) is 1.52. The third-order valence-corrected chi connectivity index (χ3v) is 3.35. The number of halogens is 1. The predicted octanol–water partition coefficient (Wildman–Crippen LogP) is 2.17. The summed E-state index contributed by atoms with van der Waals surface area (Å²) >= 11 is 0. The maximum Gasteiger partial charge on any atom is 0.274 e. The van der Waals surface area contributed by atoms with E-state index in [2.05, 4.69) is 0 Å². The number of nitro groups is 1. The van der Waals surface area contributed by atoms with Crippen LogP contribution in [0.2, 0.25) is 0 Å². The highest BCUT2D eigenvalue weighted by atomic mass is 32.2. The molecule has 110 valence electrons. The monoisotopic (exact) mass is 312 g/mol. The van der Waals surface area contributed by atoms with Crippen LogP contribution in [0.15, 0.2) is 47.4 Å². The van der Waals surface area contributed by atoms with E-state index in [0.717, 1.165) is 30.3 Å². The lowest BCUT2D eigenvalue weighted by Crippen LogP contribution is -2.12. The highest BCUT2D eigenvalue weighted by Crippen LogP contribution is 2.28. The number of sulfonamides is 1. The number of nitrogens with zero attached hydrogens (tertiary/aromatic N) is 1. The summed E-state index contributed by atoms with van der Waals surface area (Å²) in [4.78, 5) is 9.57. The van der Waals surface area contributed by atoms with Gasteiger partial charge in [0, 0.05) is 12.1 Å². The lowest BCUT2D eigenvalue weighted by molar-refractivity contribution is -0.385. The van der Waals surface area contributed by atoms with Crippen molar-refractivity contribution in [2.75, 3.05) is 0 Å². The van der Waals surface area contributed by atoms with Gasteiger partial charge < -0.3 is 4.74 Å². The van der Waals surface area contributed by atoms with E-state index in [1.165, 1.54) is 12.1 Å². The smallest absolute Gasteiger partial charge is 0.274 e. The average Bonchev–Trinajstić information content (AvgIpc) is 2.40. The van der Waals surface area contributed by atoms with Gasteiger partial charge in [-0.05, 0) is 24.3 Å². The molecule has 0 heterocycles. The first kappa shape index (κ1) is 14.9. The number of hydrogen-bond acceptors (Lipinski definition) is 5. The number of nitro benzene ring substituents is 1. The largest absolute Gasteiger partial charge is 0.457 e. The molecule has 0 amide bonds. The third kappa shape index (κ3) is 3.74. The second kappa shape index (κ2) is 5.46. The molecule has 0 bridgehead atoms. The van der Waals surface area contributed by atoms with E-state index in [0.29, 0.717) is 0 Å². The number of primary sulfonamides is 1. The van der Waals surface area contributed by atoms with Crippen LogP contribution in [0.5, 0.6) is 11.5 Å². The van der Waals surface area contributed by atoms with Gasteiger partial charge in [-0.1, -0.05) is 0 Å². The molecule has 2 aromatic carbocycles. The second-order valence-corrected chi connectivity index (χ2v) is 5.58. The van der Waals surface area contributed by atoms with Gasteiger partial charge >= 0.3 is 0 Å². The lowest BCUT2D eigenvalue weighted by atomic mass is 10.3. The molecular weight excluding hydrogens is 303 g/mol. The molecule has 0 spiro atoms. The van der Waals surface area contributed by atoms with Gasteiger partial charge in [0.2, 0.25) is 10.0 Å². The van der Waals surface area contributed by atoms with Crippen LogP contribution in [0.1, 0.15) is 0 Å². The van der Waals surface area contributed by atoms with Gasteiger partial charge in [0.25, 0.3) is 5.69 Å². The van der Waals surface area contributed by atoms with Crippen LogP contribution >= 0.6 is 0 Å². The van der Waals surface area contributed by atoms with Gasteiger partial charge in [0.1, 0.15) is 17.3 Å². The molecule has 0 fully saturated rings. The van der Waals surface area contributed by atoms with Crippen LogP contribution in [-0.2, 0) is 10.0 Å². The number of non-ortho nitro benzene ring substituents is 1. The molecule has 2 aromatic rings. The molecule has 2 N–H and O–H groups in total. The average molecular weight is 312 g/mol. The van der Waals surface area contributed by atoms with Crippen LogP contribution in [-0.4, -0.2) is 13.3 Å². The van der Waals surface area contributed by atoms with Crippen molar-refractivity contribution in [2.45, 2.75) is 4.90 Å². The fraction of sp³-hybridized carbons (Fsp3) is 0. The quantitative estimate of drug-likeness (QED) is 0.686. The van der Waals surface area contributed by atoms with E-state index in [4.69, 9.17) is 9.88 Å². The van der Waals surface area contributed by atoms with E-state index >= 15 is 0 Å². The molecule has 0 saturated heterocycles. The standard InChI is InChI=1S/C12H9FN2O5S/c13-8-1-3-10(4-2-8)20-11-5-9(15(16)17)6-12(7-11)21(14,18)19/h1-7H,(H2,14,18,19). The van der Waals surface area contributed by atoms with Crippen LogP contribution in [0.3, 0.4) is 0 Å². The summed E-state index contributed by atoms with van der Waals surface area (Å²) in [6.45, 7) is 0. The Morgan fingerprint density at radius 2 is 1.71 bits per heavy atom. The Labute approximate surface area is 119 Å². The van der Waals surface area contributed by atoms with Crippen molar-refractivity contribution < 1.29 is 22.5 Å². The molecular formula is C12H9FN2O5S. The Morgan fingerprint density at radius 1 is 1.10 bits per heavy atom. The highest BCUT2D eigenvalue weighted by molar-refractivity contribution is 7.89. The molecule has 0 radical (unpaired) electrons. The van der Waals surface area contributed by atoms with Gasteiger partial charge in [-0.2, -0.15) is 0 Å². The van der Waals surface area contributed by atoms with Crippen molar-refractivity contribution in [3.05, 3.63) is 58.4 Å². The van der Waals surface area contributed by atoms with E-state index in [-0.39, 0.29) is 11.5 Å². The minimum atomic E-state index is -4.12. The third-order valence-electron chi connectivity index (χ3n) is 2.45. The van der Waals surface area contributed by atoms with Crippen molar-refractivity contribution in [1.82, 2.24) is 0 Å². The second-order valence-electron chi connectivity index (χ2n) is 4.02. The Hall–Kier alpha value is -2.52. The van der Waals surface area contributed by atoms with Gasteiger partial charge in [0.15, 0.2) is 0 Å². The van der Waals surface area contributed by atoms with E-state index in [1.54, 1.807) is 0 Å². The maximum absolute atomic E-state index is 12.8. The maximum atomic E-state index is 12.8. The molecule has 0 aliphatic carbocycles. The molecule has 9 heteroatoms. The van der Waals surface area contributed by atoms with Crippen LogP contribution in [0.4, 0.5) is 10.1 Å². The lowest BCUT2D eigenvalue weighted by Gasteiger charge is -2.07. The Morgan fingerprint density at radius 3 is 2.24 bits per heavy atom. The number of hydrogen-bond donors (Lipinski definition) is 1. The van der Waals surface area contributed by atoms with E-state index in [9.17, 15) is 22.9 Å². The zero-order chi connectivity index (χ0) is 15.6. The minimum absolute atomic E-state index is 0.0974. The van der Waals surface area contributed by atoms with E-state index < -0.39 is 31.3 Å². The first-order valence-corrected chi connectivity index (χ1v) is 7.06. The topological polar surface area (TPSA) is 113 Å². The van der Waals surface area contributed by atoms with Gasteiger partial charge in [-0.15, -0.1) is 0 Å². The number of nitrogens with two attached hydrogens (primary N) is 1. The number of ether oxygens (including phenoxy) is 1. The molecule has 0 aliphatic rings. The highest BCUT2D eigenvalue weighted by Gasteiger charge is 2.17. The SMILES string of the molecule is NS(=O)(=O)c1cc(Oc2ccc(F)cc2)cc([N+](=O)[O-])c1. The van der Waals surface area contributed by atoms with Gasteiger partial charge in [-0.3, -0.25) is 10.1 Å². The van der Waals surface area contributed by atoms with Crippen molar-refractivity contribution >= 4 is 15.7 Å². The zero-order valence-corrected chi connectivity index (χ0v) is 11.2. The molecule has 0 aromatic heterocycles. The zero-order valence-electron chi connectivity index (χ0n) is 10.4. The molecule has 2 rings (SSSR count). The summed E-state index contributed by atoms with van der Waals surface area (Å²) in [6, 6.07) is 7.77. The summed E-state index contributed by atoms with van der Waals surface area (Å²) in [5, 5.41) is 15.7. The Kier molecular flexibility index (Phi) is 3.87.